The highest BCUT2D eigenvalue weighted by Crippen LogP contribution is 2.17. The van der Waals surface area contributed by atoms with Gasteiger partial charge in [-0.25, -0.2) is 0 Å². The molecule has 20 heavy (non-hydrogen) atoms. The SMILES string of the molecule is CCC(C)N(CCOC)C(=O)c1cc2ccccc2[nH]1. The monoisotopic (exact) mass is 274 g/mol. The number of amides is 1. The Bertz CT molecular complexity index is 544. The first-order chi connectivity index (χ1) is 9.67. The Morgan fingerprint density at radius 1 is 1.40 bits per heavy atom. The summed E-state index contributed by atoms with van der Waals surface area (Å²) in [5.41, 5.74) is 1.63. The van der Waals surface area contributed by atoms with Gasteiger partial charge < -0.3 is 14.6 Å². The third-order valence-electron chi connectivity index (χ3n) is 3.68. The van der Waals surface area contributed by atoms with Gasteiger partial charge in [0.2, 0.25) is 0 Å². The quantitative estimate of drug-likeness (QED) is 0.880. The topological polar surface area (TPSA) is 45.3 Å². The molecule has 1 N–H and O–H groups in total. The second-order valence-corrected chi connectivity index (χ2v) is 5.02. The van der Waals surface area contributed by atoms with Gasteiger partial charge in [-0.2, -0.15) is 0 Å². The summed E-state index contributed by atoms with van der Waals surface area (Å²) in [6.07, 6.45) is 0.926. The van der Waals surface area contributed by atoms with Crippen LogP contribution in [0.3, 0.4) is 0 Å². The summed E-state index contributed by atoms with van der Waals surface area (Å²) >= 11 is 0. The van der Waals surface area contributed by atoms with E-state index in [1.165, 1.54) is 0 Å². The smallest absolute Gasteiger partial charge is 0.270 e. The predicted molar refractivity (Wildman–Crippen MR) is 81.0 cm³/mol. The Morgan fingerprint density at radius 2 is 2.15 bits per heavy atom. The minimum atomic E-state index is 0.0348. The van der Waals surface area contributed by atoms with Gasteiger partial charge in [-0.15, -0.1) is 0 Å². The standard InChI is InChI=1S/C16H22N2O2/c1-4-12(2)18(9-10-20-3)16(19)15-11-13-7-5-6-8-14(13)17-15/h5-8,11-12,17H,4,9-10H2,1-3H3. The van der Waals surface area contributed by atoms with Crippen LogP contribution < -0.4 is 0 Å². The molecular formula is C16H22N2O2. The van der Waals surface area contributed by atoms with E-state index in [1.54, 1.807) is 7.11 Å². The normalized spacial score (nSPS) is 12.6. The number of hydrogen-bond acceptors (Lipinski definition) is 2. The molecule has 2 aromatic rings. The van der Waals surface area contributed by atoms with Gasteiger partial charge in [-0.3, -0.25) is 4.79 Å². The summed E-state index contributed by atoms with van der Waals surface area (Å²) in [5.74, 6) is 0.0348. The Labute approximate surface area is 119 Å². The lowest BCUT2D eigenvalue weighted by molar-refractivity contribution is 0.0609. The molecule has 0 radical (unpaired) electrons. The molecule has 1 unspecified atom stereocenters. The van der Waals surface area contributed by atoms with Crippen LogP contribution in [-0.4, -0.2) is 42.1 Å². The van der Waals surface area contributed by atoms with Crippen molar-refractivity contribution >= 4 is 16.8 Å². The molecule has 0 saturated heterocycles. The number of rotatable bonds is 6. The highest BCUT2D eigenvalue weighted by atomic mass is 16.5. The van der Waals surface area contributed by atoms with Gasteiger partial charge in [-0.05, 0) is 25.5 Å². The van der Waals surface area contributed by atoms with Crippen molar-refractivity contribution in [2.75, 3.05) is 20.3 Å². The number of nitrogens with zero attached hydrogens (tertiary/aromatic N) is 1. The lowest BCUT2D eigenvalue weighted by Gasteiger charge is -2.27. The summed E-state index contributed by atoms with van der Waals surface area (Å²) in [6, 6.07) is 10.0. The van der Waals surface area contributed by atoms with Crippen molar-refractivity contribution < 1.29 is 9.53 Å². The van der Waals surface area contributed by atoms with Crippen LogP contribution in [0.4, 0.5) is 0 Å². The molecule has 1 amide bonds. The average Bonchev–Trinajstić information content (AvgIpc) is 2.90. The summed E-state index contributed by atoms with van der Waals surface area (Å²) < 4.78 is 5.11. The lowest BCUT2D eigenvalue weighted by atomic mass is 10.2. The molecule has 2 rings (SSSR count). The maximum atomic E-state index is 12.7. The molecule has 4 heteroatoms. The molecule has 0 fully saturated rings. The molecule has 108 valence electrons. The first kappa shape index (κ1) is 14.6. The Hall–Kier alpha value is -1.81. The van der Waals surface area contributed by atoms with Crippen LogP contribution in [0.1, 0.15) is 30.8 Å². The third-order valence-corrected chi connectivity index (χ3v) is 3.68. The summed E-state index contributed by atoms with van der Waals surface area (Å²) in [6.45, 7) is 5.31. The number of fused-ring (bicyclic) bond motifs is 1. The van der Waals surface area contributed by atoms with Crippen molar-refractivity contribution in [2.45, 2.75) is 26.3 Å². The number of hydrogen-bond donors (Lipinski definition) is 1. The maximum Gasteiger partial charge on any atom is 0.270 e. The van der Waals surface area contributed by atoms with E-state index >= 15 is 0 Å². The Morgan fingerprint density at radius 3 is 2.80 bits per heavy atom. The van der Waals surface area contributed by atoms with Crippen LogP contribution in [0.5, 0.6) is 0 Å². The van der Waals surface area contributed by atoms with E-state index in [-0.39, 0.29) is 11.9 Å². The minimum absolute atomic E-state index is 0.0348. The van der Waals surface area contributed by atoms with Crippen molar-refractivity contribution in [3.8, 4) is 0 Å². The fourth-order valence-corrected chi connectivity index (χ4v) is 2.28. The van der Waals surface area contributed by atoms with Gasteiger partial charge in [-0.1, -0.05) is 25.1 Å². The lowest BCUT2D eigenvalue weighted by Crippen LogP contribution is -2.40. The molecule has 1 aromatic carbocycles. The predicted octanol–water partition coefficient (Wildman–Crippen LogP) is 3.06. The van der Waals surface area contributed by atoms with Gasteiger partial charge in [0.05, 0.1) is 6.61 Å². The zero-order valence-corrected chi connectivity index (χ0v) is 12.3. The number of methoxy groups -OCH3 is 1. The molecule has 0 bridgehead atoms. The van der Waals surface area contributed by atoms with E-state index < -0.39 is 0 Å². The van der Waals surface area contributed by atoms with Gasteiger partial charge in [0, 0.05) is 30.6 Å². The first-order valence-electron chi connectivity index (χ1n) is 7.05. The molecule has 1 atom stereocenters. The molecule has 1 aromatic heterocycles. The van der Waals surface area contributed by atoms with E-state index in [0.29, 0.717) is 18.8 Å². The molecule has 0 saturated carbocycles. The van der Waals surface area contributed by atoms with Crippen LogP contribution in [0.2, 0.25) is 0 Å². The summed E-state index contributed by atoms with van der Waals surface area (Å²) in [4.78, 5) is 17.7. The second kappa shape index (κ2) is 6.57. The Balaban J connectivity index is 2.25. The minimum Gasteiger partial charge on any atom is -0.383 e. The van der Waals surface area contributed by atoms with Crippen molar-refractivity contribution in [1.29, 1.82) is 0 Å². The Kier molecular flexibility index (Phi) is 4.79. The first-order valence-corrected chi connectivity index (χ1v) is 7.05. The third kappa shape index (κ3) is 3.02. The zero-order chi connectivity index (χ0) is 14.5. The second-order valence-electron chi connectivity index (χ2n) is 5.02. The highest BCUT2D eigenvalue weighted by Gasteiger charge is 2.21. The largest absolute Gasteiger partial charge is 0.383 e. The molecule has 0 aliphatic carbocycles. The number of carbonyl (C=O) groups excluding carboxylic acids is 1. The number of nitrogens with one attached hydrogen (secondary N) is 1. The van der Waals surface area contributed by atoms with E-state index in [4.69, 9.17) is 4.74 Å². The van der Waals surface area contributed by atoms with Gasteiger partial charge in [0.25, 0.3) is 5.91 Å². The van der Waals surface area contributed by atoms with E-state index in [1.807, 2.05) is 35.2 Å². The fraction of sp³-hybridized carbons (Fsp3) is 0.438. The van der Waals surface area contributed by atoms with Crippen LogP contribution >= 0.6 is 0 Å². The number of aromatic nitrogens is 1. The molecule has 0 aliphatic rings. The van der Waals surface area contributed by atoms with Crippen molar-refractivity contribution in [3.63, 3.8) is 0 Å². The molecule has 0 aliphatic heterocycles. The van der Waals surface area contributed by atoms with Crippen molar-refractivity contribution in [2.24, 2.45) is 0 Å². The zero-order valence-electron chi connectivity index (χ0n) is 12.3. The molecule has 1 heterocycles. The van der Waals surface area contributed by atoms with Gasteiger partial charge in [0.15, 0.2) is 0 Å². The number of aromatic amines is 1. The molecular weight excluding hydrogens is 252 g/mol. The van der Waals surface area contributed by atoms with E-state index in [9.17, 15) is 4.79 Å². The van der Waals surface area contributed by atoms with Gasteiger partial charge >= 0.3 is 0 Å². The summed E-state index contributed by atoms with van der Waals surface area (Å²) in [5, 5.41) is 1.06. The number of benzene rings is 1. The maximum absolute atomic E-state index is 12.7. The van der Waals surface area contributed by atoms with Crippen LogP contribution in [0, 0.1) is 0 Å². The summed E-state index contributed by atoms with van der Waals surface area (Å²) in [7, 11) is 1.65. The van der Waals surface area contributed by atoms with E-state index in [0.717, 1.165) is 17.3 Å². The van der Waals surface area contributed by atoms with Crippen LogP contribution in [-0.2, 0) is 4.74 Å². The highest BCUT2D eigenvalue weighted by molar-refractivity contribution is 5.98. The van der Waals surface area contributed by atoms with Crippen molar-refractivity contribution in [3.05, 3.63) is 36.0 Å². The fourth-order valence-electron chi connectivity index (χ4n) is 2.28. The number of carbonyl (C=O) groups is 1. The van der Waals surface area contributed by atoms with Crippen LogP contribution in [0.15, 0.2) is 30.3 Å². The van der Waals surface area contributed by atoms with Gasteiger partial charge in [0.1, 0.15) is 5.69 Å². The number of ether oxygens (including phenoxy) is 1. The average molecular weight is 274 g/mol. The molecule has 4 nitrogen and oxygen atoms in total. The number of H-pyrrole nitrogens is 1. The van der Waals surface area contributed by atoms with Crippen molar-refractivity contribution in [1.82, 2.24) is 9.88 Å². The van der Waals surface area contributed by atoms with Crippen LogP contribution in [0.25, 0.3) is 10.9 Å². The molecule has 0 spiro atoms. The van der Waals surface area contributed by atoms with E-state index in [2.05, 4.69) is 18.8 Å². The number of para-hydroxylation sites is 1.